The first-order valence-electron chi connectivity index (χ1n) is 11.2. The predicted octanol–water partition coefficient (Wildman–Crippen LogP) is 2.75. The third kappa shape index (κ3) is 5.89. The van der Waals surface area contributed by atoms with Crippen LogP contribution in [0.25, 0.3) is 0 Å². The zero-order chi connectivity index (χ0) is 23.3. The summed E-state index contributed by atoms with van der Waals surface area (Å²) in [7, 11) is -3.57. The highest BCUT2D eigenvalue weighted by atomic mass is 32.2. The SMILES string of the molecule is CCOc1ccc(S(=O)(=O)N2CCC(C(=O)NCC(C)Cn3nc(C)cc3C)CC2)cc1. The monoisotopic (exact) mass is 462 g/mol. The van der Waals surface area contributed by atoms with Gasteiger partial charge in [0.1, 0.15) is 5.75 Å². The number of hydrogen-bond acceptors (Lipinski definition) is 5. The van der Waals surface area contributed by atoms with Crippen LogP contribution in [0.3, 0.4) is 0 Å². The molecule has 1 N–H and O–H groups in total. The summed E-state index contributed by atoms with van der Waals surface area (Å²) < 4.78 is 34.7. The molecule has 9 heteroatoms. The molecule has 1 saturated heterocycles. The van der Waals surface area contributed by atoms with Crippen molar-refractivity contribution in [1.82, 2.24) is 19.4 Å². The summed E-state index contributed by atoms with van der Waals surface area (Å²) in [6.07, 6.45) is 1.04. The Bertz CT molecular complexity index is 1010. The fourth-order valence-electron chi connectivity index (χ4n) is 4.02. The van der Waals surface area contributed by atoms with Crippen LogP contribution in [0, 0.1) is 25.7 Å². The van der Waals surface area contributed by atoms with E-state index in [1.807, 2.05) is 31.5 Å². The van der Waals surface area contributed by atoms with Crippen LogP contribution in [-0.2, 0) is 21.4 Å². The van der Waals surface area contributed by atoms with Crippen LogP contribution in [0.1, 0.15) is 38.1 Å². The van der Waals surface area contributed by atoms with E-state index in [0.29, 0.717) is 44.8 Å². The van der Waals surface area contributed by atoms with Gasteiger partial charge in [-0.2, -0.15) is 9.40 Å². The molecule has 1 amide bonds. The molecular formula is C23H34N4O4S. The Morgan fingerprint density at radius 1 is 1.22 bits per heavy atom. The minimum atomic E-state index is -3.57. The van der Waals surface area contributed by atoms with Gasteiger partial charge in [-0.15, -0.1) is 0 Å². The van der Waals surface area contributed by atoms with Crippen molar-refractivity contribution in [2.24, 2.45) is 11.8 Å². The Kier molecular flexibility index (Phi) is 7.95. The Morgan fingerprint density at radius 2 is 1.88 bits per heavy atom. The van der Waals surface area contributed by atoms with E-state index in [2.05, 4.69) is 17.3 Å². The largest absolute Gasteiger partial charge is 0.494 e. The molecular weight excluding hydrogens is 428 g/mol. The molecule has 1 aliphatic heterocycles. The summed E-state index contributed by atoms with van der Waals surface area (Å²) in [5, 5.41) is 7.51. The number of nitrogens with one attached hydrogen (secondary N) is 1. The van der Waals surface area contributed by atoms with Crippen molar-refractivity contribution in [3.63, 3.8) is 0 Å². The third-order valence-electron chi connectivity index (χ3n) is 5.81. The molecule has 2 aromatic rings. The molecule has 0 radical (unpaired) electrons. The highest BCUT2D eigenvalue weighted by Crippen LogP contribution is 2.25. The topological polar surface area (TPSA) is 93.5 Å². The van der Waals surface area contributed by atoms with Crippen LogP contribution >= 0.6 is 0 Å². The van der Waals surface area contributed by atoms with Gasteiger partial charge in [0.05, 0.1) is 17.2 Å². The lowest BCUT2D eigenvalue weighted by atomic mass is 9.97. The molecule has 1 atom stereocenters. The van der Waals surface area contributed by atoms with Gasteiger partial charge in [0.25, 0.3) is 0 Å². The maximum Gasteiger partial charge on any atom is 0.243 e. The molecule has 3 rings (SSSR count). The summed E-state index contributed by atoms with van der Waals surface area (Å²) in [5.74, 6) is 0.733. The van der Waals surface area contributed by atoms with Crippen LogP contribution in [0.2, 0.25) is 0 Å². The Hall–Kier alpha value is -2.39. The van der Waals surface area contributed by atoms with E-state index in [9.17, 15) is 13.2 Å². The maximum absolute atomic E-state index is 12.9. The van der Waals surface area contributed by atoms with E-state index in [-0.39, 0.29) is 22.6 Å². The number of aromatic nitrogens is 2. The quantitative estimate of drug-likeness (QED) is 0.619. The summed E-state index contributed by atoms with van der Waals surface area (Å²) in [4.78, 5) is 12.9. The minimum Gasteiger partial charge on any atom is -0.494 e. The molecule has 1 fully saturated rings. The molecule has 1 aliphatic rings. The Labute approximate surface area is 191 Å². The zero-order valence-corrected chi connectivity index (χ0v) is 20.2. The number of amides is 1. The number of carbonyl (C=O) groups excluding carboxylic acids is 1. The van der Waals surface area contributed by atoms with Crippen molar-refractivity contribution < 1.29 is 17.9 Å². The summed E-state index contributed by atoms with van der Waals surface area (Å²) in [6, 6.07) is 8.53. The minimum absolute atomic E-state index is 0.00309. The van der Waals surface area contributed by atoms with Gasteiger partial charge < -0.3 is 10.1 Å². The van der Waals surface area contributed by atoms with E-state index in [1.165, 1.54) is 4.31 Å². The maximum atomic E-state index is 12.9. The second-order valence-corrected chi connectivity index (χ2v) is 10.5. The van der Waals surface area contributed by atoms with Gasteiger partial charge in [-0.05, 0) is 69.9 Å². The molecule has 32 heavy (non-hydrogen) atoms. The lowest BCUT2D eigenvalue weighted by Gasteiger charge is -2.30. The molecule has 176 valence electrons. The summed E-state index contributed by atoms with van der Waals surface area (Å²) in [5.41, 5.74) is 2.10. The van der Waals surface area contributed by atoms with Crippen molar-refractivity contribution in [3.05, 3.63) is 41.7 Å². The number of aryl methyl sites for hydroxylation is 2. The standard InChI is InChI=1S/C23H34N4O4S/c1-5-31-21-6-8-22(9-7-21)32(29,30)26-12-10-20(11-13-26)23(28)24-15-17(2)16-27-19(4)14-18(3)25-27/h6-9,14,17,20H,5,10-13,15-16H2,1-4H3,(H,24,28). The number of nitrogens with zero attached hydrogens (tertiary/aromatic N) is 3. The van der Waals surface area contributed by atoms with E-state index in [1.54, 1.807) is 24.3 Å². The van der Waals surface area contributed by atoms with Crippen LogP contribution < -0.4 is 10.1 Å². The Balaban J connectivity index is 1.48. The number of rotatable bonds is 9. The van der Waals surface area contributed by atoms with Crippen molar-refractivity contribution in [2.75, 3.05) is 26.2 Å². The van der Waals surface area contributed by atoms with Gasteiger partial charge in [-0.25, -0.2) is 8.42 Å². The molecule has 0 bridgehead atoms. The number of carbonyl (C=O) groups is 1. The predicted molar refractivity (Wildman–Crippen MR) is 123 cm³/mol. The van der Waals surface area contributed by atoms with E-state index < -0.39 is 10.0 Å². The first-order valence-corrected chi connectivity index (χ1v) is 12.7. The van der Waals surface area contributed by atoms with Gasteiger partial charge >= 0.3 is 0 Å². The van der Waals surface area contributed by atoms with Gasteiger partial charge in [0.2, 0.25) is 15.9 Å². The first-order chi connectivity index (χ1) is 15.2. The van der Waals surface area contributed by atoms with Gasteiger partial charge in [-0.3, -0.25) is 9.48 Å². The molecule has 1 unspecified atom stereocenters. The number of ether oxygens (including phenoxy) is 1. The van der Waals surface area contributed by atoms with Crippen LogP contribution in [0.15, 0.2) is 35.2 Å². The molecule has 0 saturated carbocycles. The second kappa shape index (κ2) is 10.5. The van der Waals surface area contributed by atoms with Gasteiger partial charge in [-0.1, -0.05) is 6.92 Å². The van der Waals surface area contributed by atoms with Crippen molar-refractivity contribution in [1.29, 1.82) is 0 Å². The third-order valence-corrected chi connectivity index (χ3v) is 7.72. The summed E-state index contributed by atoms with van der Waals surface area (Å²) in [6.45, 7) is 10.5. The highest BCUT2D eigenvalue weighted by Gasteiger charge is 2.32. The van der Waals surface area contributed by atoms with Crippen LogP contribution in [0.5, 0.6) is 5.75 Å². The fraction of sp³-hybridized carbons (Fsp3) is 0.565. The number of sulfonamides is 1. The van der Waals surface area contributed by atoms with E-state index >= 15 is 0 Å². The average Bonchev–Trinajstić information content (AvgIpc) is 3.09. The smallest absolute Gasteiger partial charge is 0.243 e. The average molecular weight is 463 g/mol. The second-order valence-electron chi connectivity index (χ2n) is 8.54. The molecule has 0 aliphatic carbocycles. The number of piperidine rings is 1. The summed E-state index contributed by atoms with van der Waals surface area (Å²) >= 11 is 0. The van der Waals surface area contributed by atoms with Gasteiger partial charge in [0.15, 0.2) is 0 Å². The van der Waals surface area contributed by atoms with Crippen LogP contribution in [0.4, 0.5) is 0 Å². The molecule has 2 heterocycles. The van der Waals surface area contributed by atoms with Gasteiger partial charge in [0, 0.05) is 37.8 Å². The van der Waals surface area contributed by atoms with Crippen LogP contribution in [-0.4, -0.2) is 54.7 Å². The molecule has 1 aromatic heterocycles. The fourth-order valence-corrected chi connectivity index (χ4v) is 5.49. The van der Waals surface area contributed by atoms with Crippen molar-refractivity contribution >= 4 is 15.9 Å². The molecule has 1 aromatic carbocycles. The molecule has 8 nitrogen and oxygen atoms in total. The van der Waals surface area contributed by atoms with Crippen molar-refractivity contribution in [3.8, 4) is 5.75 Å². The normalized spacial score (nSPS) is 16.6. The van der Waals surface area contributed by atoms with E-state index in [4.69, 9.17) is 4.74 Å². The number of benzene rings is 1. The first kappa shape index (κ1) is 24.3. The van der Waals surface area contributed by atoms with Crippen molar-refractivity contribution in [2.45, 2.75) is 52.0 Å². The van der Waals surface area contributed by atoms with E-state index in [0.717, 1.165) is 17.9 Å². The zero-order valence-electron chi connectivity index (χ0n) is 19.4. The highest BCUT2D eigenvalue weighted by molar-refractivity contribution is 7.89. The lowest BCUT2D eigenvalue weighted by molar-refractivity contribution is -0.126. The lowest BCUT2D eigenvalue weighted by Crippen LogP contribution is -2.43. The molecule has 0 spiro atoms. The number of hydrogen-bond donors (Lipinski definition) is 1. The Morgan fingerprint density at radius 3 is 2.44 bits per heavy atom.